The van der Waals surface area contributed by atoms with Crippen LogP contribution < -0.4 is 11.5 Å². The SMILES string of the molecule is CC1(C2(C3(C)CCCCC3)C=NOC2(C(N)=O)C(N)=O)CCCCC1. The highest BCUT2D eigenvalue weighted by Gasteiger charge is 2.77. The fourth-order valence-electron chi connectivity index (χ4n) is 6.29. The summed E-state index contributed by atoms with van der Waals surface area (Å²) in [4.78, 5) is 30.9. The first kappa shape index (κ1) is 18.2. The number of oxime groups is 1. The van der Waals surface area contributed by atoms with Crippen molar-refractivity contribution in [1.29, 1.82) is 0 Å². The van der Waals surface area contributed by atoms with Gasteiger partial charge in [-0.2, -0.15) is 0 Å². The molecule has 2 fully saturated rings. The number of amides is 2. The van der Waals surface area contributed by atoms with Crippen LogP contribution in [0.3, 0.4) is 0 Å². The smallest absolute Gasteiger partial charge is 0.302 e. The van der Waals surface area contributed by atoms with Crippen molar-refractivity contribution in [1.82, 2.24) is 0 Å². The van der Waals surface area contributed by atoms with Crippen LogP contribution in [0.4, 0.5) is 0 Å². The summed E-state index contributed by atoms with van der Waals surface area (Å²) in [6, 6.07) is 0. The zero-order chi connectivity index (χ0) is 18.3. The van der Waals surface area contributed by atoms with Gasteiger partial charge >= 0.3 is 5.60 Å². The number of nitrogens with two attached hydrogens (primary N) is 2. The lowest BCUT2D eigenvalue weighted by Crippen LogP contribution is -2.73. The molecule has 6 nitrogen and oxygen atoms in total. The van der Waals surface area contributed by atoms with Gasteiger partial charge in [-0.25, -0.2) is 0 Å². The monoisotopic (exact) mass is 349 g/mol. The van der Waals surface area contributed by atoms with Crippen molar-refractivity contribution in [2.24, 2.45) is 32.9 Å². The highest BCUT2D eigenvalue weighted by Crippen LogP contribution is 2.68. The van der Waals surface area contributed by atoms with Crippen molar-refractivity contribution >= 4 is 18.0 Å². The summed E-state index contributed by atoms with van der Waals surface area (Å²) in [6.07, 6.45) is 12.0. The number of rotatable bonds is 4. The zero-order valence-electron chi connectivity index (χ0n) is 15.5. The Hall–Kier alpha value is -1.59. The fraction of sp³-hybridized carbons (Fsp3) is 0.842. The van der Waals surface area contributed by atoms with Gasteiger partial charge in [0, 0.05) is 0 Å². The Balaban J connectivity index is 2.27. The van der Waals surface area contributed by atoms with E-state index in [0.29, 0.717) is 0 Å². The van der Waals surface area contributed by atoms with Crippen LogP contribution in [0.25, 0.3) is 0 Å². The van der Waals surface area contributed by atoms with Crippen molar-refractivity contribution < 1.29 is 14.4 Å². The third-order valence-corrected chi connectivity index (χ3v) is 7.50. The Morgan fingerprint density at radius 1 is 0.840 bits per heavy atom. The van der Waals surface area contributed by atoms with Gasteiger partial charge in [0.15, 0.2) is 0 Å². The lowest BCUT2D eigenvalue weighted by atomic mass is 9.40. The molecule has 0 aromatic carbocycles. The number of hydrogen-bond acceptors (Lipinski definition) is 4. The summed E-state index contributed by atoms with van der Waals surface area (Å²) in [6.45, 7) is 4.35. The van der Waals surface area contributed by atoms with E-state index in [2.05, 4.69) is 19.0 Å². The van der Waals surface area contributed by atoms with E-state index in [-0.39, 0.29) is 10.8 Å². The van der Waals surface area contributed by atoms with Gasteiger partial charge in [-0.3, -0.25) is 9.59 Å². The summed E-state index contributed by atoms with van der Waals surface area (Å²) >= 11 is 0. The van der Waals surface area contributed by atoms with Gasteiger partial charge < -0.3 is 16.3 Å². The molecule has 0 saturated heterocycles. The predicted octanol–water partition coefficient (Wildman–Crippen LogP) is 2.64. The summed E-state index contributed by atoms with van der Waals surface area (Å²) < 4.78 is 0. The molecule has 3 rings (SSSR count). The predicted molar refractivity (Wildman–Crippen MR) is 95.5 cm³/mol. The average Bonchev–Trinajstić information content (AvgIpc) is 3.00. The van der Waals surface area contributed by atoms with Crippen LogP contribution in [0.2, 0.25) is 0 Å². The Bertz CT molecular complexity index is 549. The molecule has 6 heteroatoms. The van der Waals surface area contributed by atoms with Gasteiger partial charge in [0.1, 0.15) is 0 Å². The molecule has 0 atom stereocenters. The minimum Gasteiger partial charge on any atom is -0.368 e. The van der Waals surface area contributed by atoms with Crippen LogP contribution in [0.5, 0.6) is 0 Å². The minimum atomic E-state index is -1.90. The lowest BCUT2D eigenvalue weighted by Gasteiger charge is -2.61. The van der Waals surface area contributed by atoms with Crippen molar-refractivity contribution in [3.05, 3.63) is 0 Å². The molecule has 0 radical (unpaired) electrons. The second-order valence-corrected chi connectivity index (χ2v) is 8.79. The molecular formula is C19H31N3O3. The third kappa shape index (κ3) is 2.18. The molecule has 1 heterocycles. The molecule has 0 bridgehead atoms. The second kappa shape index (κ2) is 5.99. The quantitative estimate of drug-likeness (QED) is 0.762. The Labute approximate surface area is 149 Å². The molecule has 0 unspecified atom stereocenters. The van der Waals surface area contributed by atoms with Crippen LogP contribution in [-0.4, -0.2) is 23.6 Å². The standard InChI is InChI=1S/C19H31N3O3/c1-16(9-5-3-6-10-16)18(17(2)11-7-4-8-12-17)13-22-25-19(18,14(20)23)15(21)24/h13H,3-12H2,1-2H3,(H2,20,23)(H2,21,24). The number of carbonyl (C=O) groups excluding carboxylic acids is 2. The topological polar surface area (TPSA) is 108 Å². The second-order valence-electron chi connectivity index (χ2n) is 8.79. The zero-order valence-corrected chi connectivity index (χ0v) is 15.5. The fourth-order valence-corrected chi connectivity index (χ4v) is 6.29. The summed E-state index contributed by atoms with van der Waals surface area (Å²) in [5.74, 6) is -1.62. The molecule has 0 spiro atoms. The Morgan fingerprint density at radius 3 is 1.60 bits per heavy atom. The highest BCUT2D eigenvalue weighted by atomic mass is 16.7. The molecular weight excluding hydrogens is 318 g/mol. The molecule has 0 aromatic heterocycles. The first-order valence-corrected chi connectivity index (χ1v) is 9.58. The van der Waals surface area contributed by atoms with Crippen molar-refractivity contribution in [3.8, 4) is 0 Å². The van der Waals surface area contributed by atoms with E-state index in [1.807, 2.05) is 0 Å². The third-order valence-electron chi connectivity index (χ3n) is 7.50. The number of primary amides is 2. The molecule has 2 aliphatic carbocycles. The maximum Gasteiger partial charge on any atom is 0.302 e. The van der Waals surface area contributed by atoms with E-state index in [0.717, 1.165) is 51.4 Å². The molecule has 2 amide bonds. The van der Waals surface area contributed by atoms with E-state index in [1.165, 1.54) is 12.8 Å². The molecule has 25 heavy (non-hydrogen) atoms. The number of hydrogen-bond donors (Lipinski definition) is 2. The van der Waals surface area contributed by atoms with Crippen molar-refractivity contribution in [3.63, 3.8) is 0 Å². The van der Waals surface area contributed by atoms with E-state index in [1.54, 1.807) is 6.21 Å². The average molecular weight is 349 g/mol. The molecule has 0 aromatic rings. The normalized spacial score (nSPS) is 28.9. The molecule has 4 N–H and O–H groups in total. The van der Waals surface area contributed by atoms with Gasteiger partial charge in [0.25, 0.3) is 11.8 Å². The maximum absolute atomic E-state index is 12.7. The van der Waals surface area contributed by atoms with E-state index in [4.69, 9.17) is 16.3 Å². The lowest BCUT2D eigenvalue weighted by molar-refractivity contribution is -0.198. The van der Waals surface area contributed by atoms with Gasteiger partial charge in [0.2, 0.25) is 0 Å². The highest BCUT2D eigenvalue weighted by molar-refractivity contribution is 6.12. The first-order valence-electron chi connectivity index (χ1n) is 9.58. The maximum atomic E-state index is 12.7. The first-order chi connectivity index (χ1) is 11.8. The molecule has 3 aliphatic rings. The molecule has 2 saturated carbocycles. The van der Waals surface area contributed by atoms with Crippen LogP contribution >= 0.6 is 0 Å². The van der Waals surface area contributed by atoms with Crippen LogP contribution in [0, 0.1) is 16.2 Å². The summed E-state index contributed by atoms with van der Waals surface area (Å²) in [5.41, 5.74) is 8.19. The van der Waals surface area contributed by atoms with E-state index in [9.17, 15) is 9.59 Å². The number of nitrogens with zero attached hydrogens (tertiary/aromatic N) is 1. The molecule has 1 aliphatic heterocycles. The van der Waals surface area contributed by atoms with Gasteiger partial charge in [-0.05, 0) is 36.5 Å². The van der Waals surface area contributed by atoms with Crippen LogP contribution in [-0.2, 0) is 14.4 Å². The summed E-state index contributed by atoms with van der Waals surface area (Å²) in [7, 11) is 0. The number of carbonyl (C=O) groups is 2. The van der Waals surface area contributed by atoms with Crippen molar-refractivity contribution in [2.45, 2.75) is 83.7 Å². The van der Waals surface area contributed by atoms with Gasteiger partial charge in [-0.15, -0.1) is 0 Å². The van der Waals surface area contributed by atoms with Gasteiger partial charge in [0.05, 0.1) is 11.6 Å². The minimum absolute atomic E-state index is 0.304. The Morgan fingerprint density at radius 2 is 1.24 bits per heavy atom. The van der Waals surface area contributed by atoms with E-state index >= 15 is 0 Å². The summed E-state index contributed by atoms with van der Waals surface area (Å²) in [5, 5.41) is 4.05. The largest absolute Gasteiger partial charge is 0.368 e. The van der Waals surface area contributed by atoms with Crippen LogP contribution in [0.1, 0.15) is 78.1 Å². The van der Waals surface area contributed by atoms with Crippen molar-refractivity contribution in [2.75, 3.05) is 0 Å². The van der Waals surface area contributed by atoms with Gasteiger partial charge in [-0.1, -0.05) is 57.5 Å². The van der Waals surface area contributed by atoms with E-state index < -0.39 is 22.8 Å². The Kier molecular flexibility index (Phi) is 4.36. The molecule has 140 valence electrons. The van der Waals surface area contributed by atoms with Crippen LogP contribution in [0.15, 0.2) is 5.16 Å².